The number of aliphatic hydroxyl groups excluding tert-OH is 1. The Bertz CT molecular complexity index is 257. The van der Waals surface area contributed by atoms with Crippen molar-refractivity contribution in [3.05, 3.63) is 18.0 Å². The fourth-order valence-electron chi connectivity index (χ4n) is 1.25. The summed E-state index contributed by atoms with van der Waals surface area (Å²) in [5.41, 5.74) is 6.17. The summed E-state index contributed by atoms with van der Waals surface area (Å²) >= 11 is 0. The predicted octanol–water partition coefficient (Wildman–Crippen LogP) is 0.531. The largest absolute Gasteiger partial charge is 0.385 e. The Morgan fingerprint density at radius 2 is 2.31 bits per heavy atom. The van der Waals surface area contributed by atoms with Gasteiger partial charge in [-0.15, -0.1) is 0 Å². The molecule has 0 amide bonds. The van der Waals surface area contributed by atoms with Crippen molar-refractivity contribution in [1.82, 2.24) is 9.78 Å². The number of rotatable bonds is 4. The van der Waals surface area contributed by atoms with Gasteiger partial charge in [0.25, 0.3) is 0 Å². The smallest absolute Gasteiger partial charge is 0.108 e. The van der Waals surface area contributed by atoms with Crippen LogP contribution < -0.4 is 5.73 Å². The lowest BCUT2D eigenvalue weighted by atomic mass is 10.2. The number of hydrogen-bond donors (Lipinski definition) is 2. The van der Waals surface area contributed by atoms with E-state index in [1.54, 1.807) is 12.3 Å². The van der Waals surface area contributed by atoms with Gasteiger partial charge >= 0.3 is 0 Å². The highest BCUT2D eigenvalue weighted by Crippen LogP contribution is 2.12. The van der Waals surface area contributed by atoms with Crippen molar-refractivity contribution < 1.29 is 5.11 Å². The fourth-order valence-corrected chi connectivity index (χ4v) is 1.25. The number of aromatic nitrogens is 2. The Kier molecular flexibility index (Phi) is 3.45. The molecule has 74 valence electrons. The van der Waals surface area contributed by atoms with Gasteiger partial charge in [-0.2, -0.15) is 5.10 Å². The van der Waals surface area contributed by atoms with Gasteiger partial charge in [0.2, 0.25) is 0 Å². The van der Waals surface area contributed by atoms with E-state index in [1.807, 2.05) is 4.68 Å². The van der Waals surface area contributed by atoms with Crippen LogP contribution in [-0.4, -0.2) is 21.4 Å². The summed E-state index contributed by atoms with van der Waals surface area (Å²) in [7, 11) is 0. The quantitative estimate of drug-likeness (QED) is 0.715. The van der Waals surface area contributed by atoms with Gasteiger partial charge in [0.15, 0.2) is 0 Å². The SMILES string of the molecule is CC(C)Cn1nccc1[C@H](O)CN. The third kappa shape index (κ3) is 2.54. The van der Waals surface area contributed by atoms with Crippen molar-refractivity contribution in [2.24, 2.45) is 11.7 Å². The number of hydrogen-bond acceptors (Lipinski definition) is 3. The first-order valence-corrected chi connectivity index (χ1v) is 4.55. The van der Waals surface area contributed by atoms with Crippen molar-refractivity contribution in [1.29, 1.82) is 0 Å². The van der Waals surface area contributed by atoms with Crippen molar-refractivity contribution in [3.8, 4) is 0 Å². The Balaban J connectivity index is 2.76. The van der Waals surface area contributed by atoms with Crippen LogP contribution in [0.3, 0.4) is 0 Å². The molecule has 0 bridgehead atoms. The zero-order chi connectivity index (χ0) is 9.84. The molecular weight excluding hydrogens is 166 g/mol. The Labute approximate surface area is 78.4 Å². The predicted molar refractivity (Wildman–Crippen MR) is 51.1 cm³/mol. The molecule has 4 nitrogen and oxygen atoms in total. The van der Waals surface area contributed by atoms with E-state index in [-0.39, 0.29) is 6.54 Å². The number of nitrogens with two attached hydrogens (primary N) is 1. The van der Waals surface area contributed by atoms with Crippen molar-refractivity contribution in [2.75, 3.05) is 6.54 Å². The first kappa shape index (κ1) is 10.2. The average Bonchev–Trinajstić information content (AvgIpc) is 2.50. The van der Waals surface area contributed by atoms with Crippen LogP contribution in [0.2, 0.25) is 0 Å². The van der Waals surface area contributed by atoms with Gasteiger partial charge in [-0.1, -0.05) is 13.8 Å². The molecule has 0 saturated heterocycles. The zero-order valence-electron chi connectivity index (χ0n) is 8.14. The maximum absolute atomic E-state index is 9.53. The van der Waals surface area contributed by atoms with Gasteiger partial charge in [-0.05, 0) is 12.0 Å². The highest BCUT2D eigenvalue weighted by atomic mass is 16.3. The average molecular weight is 183 g/mol. The summed E-state index contributed by atoms with van der Waals surface area (Å²) in [6.45, 7) is 5.28. The van der Waals surface area contributed by atoms with Gasteiger partial charge in [-0.3, -0.25) is 4.68 Å². The molecule has 0 aromatic carbocycles. The van der Waals surface area contributed by atoms with E-state index in [9.17, 15) is 5.11 Å². The molecule has 0 radical (unpaired) electrons. The molecule has 1 aromatic rings. The van der Waals surface area contributed by atoms with Crippen LogP contribution in [-0.2, 0) is 6.54 Å². The zero-order valence-corrected chi connectivity index (χ0v) is 8.14. The van der Waals surface area contributed by atoms with Gasteiger partial charge in [0.1, 0.15) is 6.10 Å². The van der Waals surface area contributed by atoms with Crippen molar-refractivity contribution in [2.45, 2.75) is 26.5 Å². The molecule has 1 rings (SSSR count). The lowest BCUT2D eigenvalue weighted by Gasteiger charge is -2.12. The summed E-state index contributed by atoms with van der Waals surface area (Å²) in [5, 5.41) is 13.7. The molecule has 0 aliphatic rings. The summed E-state index contributed by atoms with van der Waals surface area (Å²) in [6, 6.07) is 1.81. The van der Waals surface area contributed by atoms with Gasteiger partial charge in [-0.25, -0.2) is 0 Å². The monoisotopic (exact) mass is 183 g/mol. The first-order chi connectivity index (χ1) is 6.15. The van der Waals surface area contributed by atoms with E-state index in [4.69, 9.17) is 5.73 Å². The summed E-state index contributed by atoms with van der Waals surface area (Å²) in [4.78, 5) is 0. The summed E-state index contributed by atoms with van der Waals surface area (Å²) in [5.74, 6) is 0.517. The molecule has 0 spiro atoms. The molecule has 0 aliphatic heterocycles. The number of aliphatic hydroxyl groups is 1. The van der Waals surface area contributed by atoms with Gasteiger partial charge in [0.05, 0.1) is 5.69 Å². The molecule has 3 N–H and O–H groups in total. The minimum absolute atomic E-state index is 0.240. The minimum Gasteiger partial charge on any atom is -0.385 e. The van der Waals surface area contributed by atoms with Crippen LogP contribution in [0, 0.1) is 5.92 Å². The molecule has 1 heterocycles. The van der Waals surface area contributed by atoms with E-state index in [2.05, 4.69) is 18.9 Å². The third-order valence-electron chi connectivity index (χ3n) is 1.85. The summed E-state index contributed by atoms with van der Waals surface area (Å²) in [6.07, 6.45) is 1.09. The maximum Gasteiger partial charge on any atom is 0.108 e. The van der Waals surface area contributed by atoms with Crippen molar-refractivity contribution in [3.63, 3.8) is 0 Å². The Morgan fingerprint density at radius 1 is 1.62 bits per heavy atom. The molecule has 0 saturated carbocycles. The van der Waals surface area contributed by atoms with Crippen LogP contribution in [0.5, 0.6) is 0 Å². The lowest BCUT2D eigenvalue weighted by molar-refractivity contribution is 0.173. The first-order valence-electron chi connectivity index (χ1n) is 4.55. The molecule has 0 aliphatic carbocycles. The van der Waals surface area contributed by atoms with E-state index in [1.165, 1.54) is 0 Å². The second-order valence-corrected chi connectivity index (χ2v) is 3.58. The normalized spacial score (nSPS) is 13.6. The third-order valence-corrected chi connectivity index (χ3v) is 1.85. The van der Waals surface area contributed by atoms with Crippen LogP contribution in [0.1, 0.15) is 25.6 Å². The van der Waals surface area contributed by atoms with Crippen LogP contribution >= 0.6 is 0 Å². The molecule has 4 heteroatoms. The highest BCUT2D eigenvalue weighted by Gasteiger charge is 2.11. The Hall–Kier alpha value is -0.870. The maximum atomic E-state index is 9.53. The molecule has 0 fully saturated rings. The van der Waals surface area contributed by atoms with E-state index >= 15 is 0 Å². The van der Waals surface area contributed by atoms with Gasteiger partial charge in [0, 0.05) is 19.3 Å². The fraction of sp³-hybridized carbons (Fsp3) is 0.667. The van der Waals surface area contributed by atoms with Crippen molar-refractivity contribution >= 4 is 0 Å². The van der Waals surface area contributed by atoms with Gasteiger partial charge < -0.3 is 10.8 Å². The Morgan fingerprint density at radius 3 is 2.85 bits per heavy atom. The lowest BCUT2D eigenvalue weighted by Crippen LogP contribution is -2.18. The minimum atomic E-state index is -0.596. The molecular formula is C9H17N3O. The van der Waals surface area contributed by atoms with Crippen LogP contribution in [0.25, 0.3) is 0 Å². The van der Waals surface area contributed by atoms with E-state index < -0.39 is 6.10 Å². The van der Waals surface area contributed by atoms with E-state index in [0.717, 1.165) is 12.2 Å². The van der Waals surface area contributed by atoms with Crippen LogP contribution in [0.4, 0.5) is 0 Å². The van der Waals surface area contributed by atoms with Crippen LogP contribution in [0.15, 0.2) is 12.3 Å². The second kappa shape index (κ2) is 4.39. The molecule has 1 aromatic heterocycles. The molecule has 1 atom stereocenters. The molecule has 13 heavy (non-hydrogen) atoms. The highest BCUT2D eigenvalue weighted by molar-refractivity contribution is 5.04. The number of nitrogens with zero attached hydrogens (tertiary/aromatic N) is 2. The standard InChI is InChI=1S/C9H17N3O/c1-7(2)6-12-8(3-4-11-12)9(13)5-10/h3-4,7,9,13H,5-6,10H2,1-2H3/t9-/m1/s1. The summed E-state index contributed by atoms with van der Waals surface area (Å²) < 4.78 is 1.81. The van der Waals surface area contributed by atoms with E-state index in [0.29, 0.717) is 5.92 Å². The molecule has 0 unspecified atom stereocenters. The second-order valence-electron chi connectivity index (χ2n) is 3.58. The topological polar surface area (TPSA) is 64.1 Å².